The van der Waals surface area contributed by atoms with Gasteiger partial charge in [0.1, 0.15) is 10.4 Å². The summed E-state index contributed by atoms with van der Waals surface area (Å²) in [6.45, 7) is 2.05. The van der Waals surface area contributed by atoms with Gasteiger partial charge in [0.25, 0.3) is 5.56 Å². The van der Waals surface area contributed by atoms with Crippen molar-refractivity contribution in [3.05, 3.63) is 62.2 Å². The van der Waals surface area contributed by atoms with E-state index in [0.29, 0.717) is 20.3 Å². The molecule has 0 aliphatic rings. The van der Waals surface area contributed by atoms with Crippen LogP contribution in [0.2, 0.25) is 0 Å². The zero-order chi connectivity index (χ0) is 18.4. The van der Waals surface area contributed by atoms with E-state index in [1.807, 2.05) is 35.7 Å². The first-order valence-electron chi connectivity index (χ1n) is 8.31. The number of pyridine rings is 1. The van der Waals surface area contributed by atoms with E-state index in [0.717, 1.165) is 28.3 Å². The fourth-order valence-corrected chi connectivity index (χ4v) is 4.62. The molecule has 2 aromatic carbocycles. The van der Waals surface area contributed by atoms with E-state index in [4.69, 9.17) is 5.73 Å². The lowest BCUT2D eigenvalue weighted by Crippen LogP contribution is -2.08. The van der Waals surface area contributed by atoms with Gasteiger partial charge in [-0.25, -0.2) is 0 Å². The number of aromatic hydroxyl groups is 1. The number of fused-ring (bicyclic) bond motifs is 3. The standard InChI is InChI=1S/C20H17BrN2O2S.ClH/c1-2-14(22)10-3-5-11(6-4-10)16-15(24)9-13(21)18-17(16)12-7-8-26-19(12)20(25)23-18;/h3-9,14,24H,2,22H2,1H3,(H,23,25);1H. The van der Waals surface area contributed by atoms with Gasteiger partial charge in [-0.1, -0.05) is 31.2 Å². The van der Waals surface area contributed by atoms with Crippen molar-refractivity contribution >= 4 is 60.7 Å². The Labute approximate surface area is 174 Å². The fourth-order valence-electron chi connectivity index (χ4n) is 3.31. The van der Waals surface area contributed by atoms with Crippen LogP contribution in [-0.2, 0) is 0 Å². The molecular weight excluding hydrogens is 448 g/mol. The molecule has 4 N–H and O–H groups in total. The third-order valence-corrected chi connectivity index (χ3v) is 6.24. The number of rotatable bonds is 3. The number of benzene rings is 2. The Morgan fingerprint density at radius 2 is 1.96 bits per heavy atom. The van der Waals surface area contributed by atoms with E-state index in [2.05, 4.69) is 27.8 Å². The Kier molecular flexibility index (Phi) is 5.63. The van der Waals surface area contributed by atoms with Crippen LogP contribution in [0.5, 0.6) is 5.75 Å². The minimum Gasteiger partial charge on any atom is -0.507 e. The third-order valence-electron chi connectivity index (χ3n) is 4.71. The van der Waals surface area contributed by atoms with Crippen LogP contribution in [0.1, 0.15) is 24.9 Å². The molecule has 0 fully saturated rings. The van der Waals surface area contributed by atoms with Crippen LogP contribution in [0.4, 0.5) is 0 Å². The van der Waals surface area contributed by atoms with Gasteiger partial charge in [0.15, 0.2) is 0 Å². The molecule has 1 unspecified atom stereocenters. The molecular formula is C20H18BrClN2O2S. The second-order valence-electron chi connectivity index (χ2n) is 6.26. The third kappa shape index (κ3) is 3.27. The predicted octanol–water partition coefficient (Wildman–Crippen LogP) is 5.71. The van der Waals surface area contributed by atoms with E-state index in [9.17, 15) is 9.90 Å². The van der Waals surface area contributed by atoms with Crippen molar-refractivity contribution < 1.29 is 5.11 Å². The van der Waals surface area contributed by atoms with Gasteiger partial charge in [-0.15, -0.1) is 23.7 Å². The van der Waals surface area contributed by atoms with Crippen LogP contribution in [0, 0.1) is 0 Å². The molecule has 4 nitrogen and oxygen atoms in total. The van der Waals surface area contributed by atoms with Crippen LogP contribution >= 0.6 is 39.7 Å². The van der Waals surface area contributed by atoms with E-state index < -0.39 is 0 Å². The summed E-state index contributed by atoms with van der Waals surface area (Å²) in [4.78, 5) is 15.3. The lowest BCUT2D eigenvalue weighted by molar-refractivity contribution is 0.477. The first-order chi connectivity index (χ1) is 12.5. The number of aromatic nitrogens is 1. The molecule has 27 heavy (non-hydrogen) atoms. The average Bonchev–Trinajstić information content (AvgIpc) is 3.13. The van der Waals surface area contributed by atoms with Crippen molar-refractivity contribution in [2.45, 2.75) is 19.4 Å². The van der Waals surface area contributed by atoms with Crippen LogP contribution in [0.15, 0.2) is 51.0 Å². The molecule has 0 amide bonds. The van der Waals surface area contributed by atoms with Gasteiger partial charge in [0.2, 0.25) is 0 Å². The second-order valence-corrected chi connectivity index (χ2v) is 8.03. The zero-order valence-electron chi connectivity index (χ0n) is 14.5. The number of hydrogen-bond acceptors (Lipinski definition) is 4. The molecule has 0 bridgehead atoms. The number of halogens is 2. The summed E-state index contributed by atoms with van der Waals surface area (Å²) in [5.74, 6) is 0.163. The SMILES string of the molecule is CCC(N)c1ccc(-c2c(O)cc(Br)c3[nH]c(=O)c4sccc4c23)cc1.Cl. The summed E-state index contributed by atoms with van der Waals surface area (Å²) in [6.07, 6.45) is 0.864. The quantitative estimate of drug-likeness (QED) is 0.362. The number of thiophene rings is 1. The van der Waals surface area contributed by atoms with Crippen molar-refractivity contribution in [1.82, 2.24) is 4.98 Å². The van der Waals surface area contributed by atoms with Crippen LogP contribution in [0.3, 0.4) is 0 Å². The second kappa shape index (κ2) is 7.64. The molecule has 4 rings (SSSR count). The van der Waals surface area contributed by atoms with Crippen molar-refractivity contribution in [2.24, 2.45) is 5.73 Å². The van der Waals surface area contributed by atoms with E-state index >= 15 is 0 Å². The van der Waals surface area contributed by atoms with E-state index in [1.165, 1.54) is 11.3 Å². The minimum absolute atomic E-state index is 0. The largest absolute Gasteiger partial charge is 0.507 e. The average molecular weight is 466 g/mol. The highest BCUT2D eigenvalue weighted by Crippen LogP contribution is 2.42. The minimum atomic E-state index is -0.121. The molecule has 140 valence electrons. The Hall–Kier alpha value is -1.86. The number of phenols is 1. The number of aromatic amines is 1. The smallest absolute Gasteiger partial charge is 0.266 e. The van der Waals surface area contributed by atoms with Crippen molar-refractivity contribution in [2.75, 3.05) is 0 Å². The Morgan fingerprint density at radius 1 is 1.26 bits per heavy atom. The van der Waals surface area contributed by atoms with Crippen LogP contribution < -0.4 is 11.3 Å². The van der Waals surface area contributed by atoms with Crippen molar-refractivity contribution in [3.63, 3.8) is 0 Å². The summed E-state index contributed by atoms with van der Waals surface area (Å²) >= 11 is 4.86. The van der Waals surface area contributed by atoms with E-state index in [-0.39, 0.29) is 29.8 Å². The van der Waals surface area contributed by atoms with Gasteiger partial charge < -0.3 is 15.8 Å². The molecule has 0 saturated carbocycles. The lowest BCUT2D eigenvalue weighted by atomic mass is 9.95. The molecule has 2 aromatic heterocycles. The molecule has 1 atom stereocenters. The van der Waals surface area contributed by atoms with Gasteiger partial charge in [-0.05, 0) is 51.0 Å². The topological polar surface area (TPSA) is 79.1 Å². The molecule has 4 aromatic rings. The number of nitrogens with one attached hydrogen (secondary N) is 1. The predicted molar refractivity (Wildman–Crippen MR) is 119 cm³/mol. The summed E-state index contributed by atoms with van der Waals surface area (Å²) in [7, 11) is 0. The number of phenolic OH excluding ortho intramolecular Hbond substituents is 1. The Bertz CT molecular complexity index is 1180. The van der Waals surface area contributed by atoms with Crippen molar-refractivity contribution in [1.29, 1.82) is 0 Å². The first-order valence-corrected chi connectivity index (χ1v) is 9.99. The highest BCUT2D eigenvalue weighted by atomic mass is 79.9. The summed E-state index contributed by atoms with van der Waals surface area (Å²) in [5.41, 5.74) is 9.32. The highest BCUT2D eigenvalue weighted by molar-refractivity contribution is 9.10. The number of H-pyrrole nitrogens is 1. The van der Waals surface area contributed by atoms with Crippen LogP contribution in [-0.4, -0.2) is 10.1 Å². The van der Waals surface area contributed by atoms with Gasteiger partial charge in [0.05, 0.1) is 5.52 Å². The van der Waals surface area contributed by atoms with Gasteiger partial charge >= 0.3 is 0 Å². The summed E-state index contributed by atoms with van der Waals surface area (Å²) in [6, 6.07) is 11.5. The summed E-state index contributed by atoms with van der Waals surface area (Å²) < 4.78 is 1.31. The first kappa shape index (κ1) is 19.9. The number of nitrogens with two attached hydrogens (primary N) is 1. The van der Waals surface area contributed by atoms with Gasteiger partial charge in [-0.2, -0.15) is 0 Å². The Balaban J connectivity index is 0.00000210. The summed E-state index contributed by atoms with van der Waals surface area (Å²) in [5, 5.41) is 14.3. The molecule has 7 heteroatoms. The maximum absolute atomic E-state index is 12.3. The molecule has 0 aliphatic heterocycles. The van der Waals surface area contributed by atoms with E-state index in [1.54, 1.807) is 6.07 Å². The Morgan fingerprint density at radius 3 is 2.63 bits per heavy atom. The van der Waals surface area contributed by atoms with Gasteiger partial charge in [-0.3, -0.25) is 4.79 Å². The maximum Gasteiger partial charge on any atom is 0.266 e. The normalized spacial score (nSPS) is 12.3. The lowest BCUT2D eigenvalue weighted by Gasteiger charge is -2.14. The highest BCUT2D eigenvalue weighted by Gasteiger charge is 2.18. The van der Waals surface area contributed by atoms with Crippen LogP contribution in [0.25, 0.3) is 32.1 Å². The molecule has 0 radical (unpaired) electrons. The molecule has 0 saturated heterocycles. The molecule has 0 spiro atoms. The monoisotopic (exact) mass is 464 g/mol. The zero-order valence-corrected chi connectivity index (χ0v) is 17.7. The molecule has 0 aliphatic carbocycles. The van der Waals surface area contributed by atoms with Crippen molar-refractivity contribution in [3.8, 4) is 16.9 Å². The van der Waals surface area contributed by atoms with Gasteiger partial charge in [0, 0.05) is 26.9 Å². The number of hydrogen-bond donors (Lipinski definition) is 3. The fraction of sp³-hybridized carbons (Fsp3) is 0.150. The molecule has 2 heterocycles. The maximum atomic E-state index is 12.3.